The highest BCUT2D eigenvalue weighted by Crippen LogP contribution is 2.44. The summed E-state index contributed by atoms with van der Waals surface area (Å²) in [7, 11) is -0.641. The predicted molar refractivity (Wildman–Crippen MR) is 87.8 cm³/mol. The summed E-state index contributed by atoms with van der Waals surface area (Å²) in [6.45, 7) is 13.3. The van der Waals surface area contributed by atoms with Gasteiger partial charge < -0.3 is 19.0 Å². The number of hydrogen-bond acceptors (Lipinski definition) is 5. The van der Waals surface area contributed by atoms with Crippen molar-refractivity contribution < 1.29 is 19.0 Å². The Kier molecular flexibility index (Phi) is 7.03. The van der Waals surface area contributed by atoms with Crippen molar-refractivity contribution in [2.75, 3.05) is 13.7 Å². The Bertz CT molecular complexity index is 372. The van der Waals surface area contributed by atoms with Gasteiger partial charge in [-0.3, -0.25) is 0 Å². The van der Waals surface area contributed by atoms with Crippen molar-refractivity contribution >= 4 is 8.32 Å². The second-order valence-electron chi connectivity index (χ2n) is 7.06. The molecule has 1 rings (SSSR count). The Morgan fingerprint density at radius 2 is 1.64 bits per heavy atom. The van der Waals surface area contributed by atoms with E-state index in [4.69, 9.17) is 13.9 Å². The van der Waals surface area contributed by atoms with Crippen molar-refractivity contribution in [3.8, 4) is 6.07 Å². The number of methoxy groups -OCH3 is 1. The van der Waals surface area contributed by atoms with Gasteiger partial charge in [0.2, 0.25) is 8.32 Å². The van der Waals surface area contributed by atoms with Crippen LogP contribution in [0.25, 0.3) is 0 Å². The lowest BCUT2D eigenvalue weighted by atomic mass is 9.97. The fourth-order valence-corrected chi connectivity index (χ4v) is 9.41. The molecule has 0 spiro atoms. The van der Waals surface area contributed by atoms with Crippen molar-refractivity contribution in [1.29, 1.82) is 5.26 Å². The van der Waals surface area contributed by atoms with Gasteiger partial charge in [-0.2, -0.15) is 5.26 Å². The molecule has 4 atom stereocenters. The van der Waals surface area contributed by atoms with E-state index in [1.165, 1.54) is 0 Å². The van der Waals surface area contributed by atoms with Crippen molar-refractivity contribution in [3.63, 3.8) is 0 Å². The Labute approximate surface area is 135 Å². The van der Waals surface area contributed by atoms with Gasteiger partial charge in [-0.05, 0) is 16.6 Å². The second kappa shape index (κ2) is 7.89. The lowest BCUT2D eigenvalue weighted by Gasteiger charge is -2.48. The standard InChI is InChI=1S/C16H31NO4Si/c1-10(2)22(11(3)4,12(5)6)21-15-14(18)13(8-17)9-20-16(15)19-7/h10-16,18H,9H2,1-7H3/t13-,14+,15+,16+/m1/s1. The monoisotopic (exact) mass is 329 g/mol. The summed E-state index contributed by atoms with van der Waals surface area (Å²) in [4.78, 5) is 0. The molecule has 0 radical (unpaired) electrons. The molecule has 5 nitrogen and oxygen atoms in total. The van der Waals surface area contributed by atoms with Gasteiger partial charge in [-0.15, -0.1) is 0 Å². The van der Waals surface area contributed by atoms with Gasteiger partial charge in [-0.25, -0.2) is 0 Å². The molecule has 0 aromatic rings. The van der Waals surface area contributed by atoms with Crippen LogP contribution in [0.3, 0.4) is 0 Å². The molecule has 1 saturated heterocycles. The minimum absolute atomic E-state index is 0.176. The zero-order valence-corrected chi connectivity index (χ0v) is 15.9. The third-order valence-corrected chi connectivity index (χ3v) is 11.0. The van der Waals surface area contributed by atoms with Crippen LogP contribution in [0.5, 0.6) is 0 Å². The average molecular weight is 330 g/mol. The molecule has 0 amide bonds. The van der Waals surface area contributed by atoms with E-state index in [0.717, 1.165) is 0 Å². The molecular weight excluding hydrogens is 298 g/mol. The van der Waals surface area contributed by atoms with E-state index in [-0.39, 0.29) is 6.61 Å². The first kappa shape index (κ1) is 19.6. The number of rotatable bonds is 6. The van der Waals surface area contributed by atoms with Gasteiger partial charge in [0.1, 0.15) is 12.2 Å². The van der Waals surface area contributed by atoms with Crippen LogP contribution in [0.2, 0.25) is 16.6 Å². The van der Waals surface area contributed by atoms with E-state index >= 15 is 0 Å². The number of aliphatic hydroxyl groups is 1. The summed E-state index contributed by atoms with van der Waals surface area (Å²) in [5.41, 5.74) is 1.17. The zero-order chi connectivity index (χ0) is 17.1. The van der Waals surface area contributed by atoms with Gasteiger partial charge in [0, 0.05) is 7.11 Å². The fourth-order valence-electron chi connectivity index (χ4n) is 3.87. The summed E-state index contributed by atoms with van der Waals surface area (Å²) in [6, 6.07) is 2.11. The lowest BCUT2D eigenvalue weighted by Crippen LogP contribution is -2.59. The summed E-state index contributed by atoms with van der Waals surface area (Å²) < 4.78 is 17.5. The lowest BCUT2D eigenvalue weighted by molar-refractivity contribution is -0.239. The molecule has 22 heavy (non-hydrogen) atoms. The molecule has 0 saturated carbocycles. The van der Waals surface area contributed by atoms with Crippen molar-refractivity contribution in [1.82, 2.24) is 0 Å². The van der Waals surface area contributed by atoms with E-state index in [2.05, 4.69) is 47.6 Å². The zero-order valence-electron chi connectivity index (χ0n) is 14.9. The fraction of sp³-hybridized carbons (Fsp3) is 0.938. The molecule has 0 aromatic heterocycles. The molecule has 1 fully saturated rings. The minimum Gasteiger partial charge on any atom is -0.405 e. The number of nitriles is 1. The van der Waals surface area contributed by atoms with E-state index in [1.54, 1.807) is 7.11 Å². The third-order valence-electron chi connectivity index (χ3n) is 4.90. The molecule has 0 aromatic carbocycles. The molecule has 0 unspecified atom stereocenters. The normalized spacial score (nSPS) is 30.1. The van der Waals surface area contributed by atoms with E-state index < -0.39 is 32.7 Å². The Balaban J connectivity index is 3.15. The predicted octanol–water partition coefficient (Wildman–Crippen LogP) is 3.05. The van der Waals surface area contributed by atoms with Gasteiger partial charge in [0.25, 0.3) is 0 Å². The molecule has 1 aliphatic rings. The van der Waals surface area contributed by atoms with Crippen LogP contribution in [0.1, 0.15) is 41.5 Å². The first-order chi connectivity index (χ1) is 10.2. The number of aliphatic hydroxyl groups excluding tert-OH is 1. The number of ether oxygens (including phenoxy) is 2. The van der Waals surface area contributed by atoms with E-state index in [9.17, 15) is 10.4 Å². The maximum Gasteiger partial charge on any atom is 0.201 e. The van der Waals surface area contributed by atoms with Crippen LogP contribution in [0.15, 0.2) is 0 Å². The quantitative estimate of drug-likeness (QED) is 0.758. The smallest absolute Gasteiger partial charge is 0.201 e. The first-order valence-electron chi connectivity index (χ1n) is 8.12. The highest BCUT2D eigenvalue weighted by atomic mass is 28.4. The van der Waals surface area contributed by atoms with Gasteiger partial charge in [-0.1, -0.05) is 41.5 Å². The highest BCUT2D eigenvalue weighted by molar-refractivity contribution is 6.77. The molecule has 1 aliphatic heterocycles. The van der Waals surface area contributed by atoms with Gasteiger partial charge in [0.05, 0.1) is 18.6 Å². The largest absolute Gasteiger partial charge is 0.405 e. The van der Waals surface area contributed by atoms with Gasteiger partial charge in [0.15, 0.2) is 6.29 Å². The van der Waals surface area contributed by atoms with Crippen LogP contribution < -0.4 is 0 Å². The summed E-state index contributed by atoms with van der Waals surface area (Å²) in [5, 5.41) is 19.7. The summed E-state index contributed by atoms with van der Waals surface area (Å²) in [6.07, 6.45) is -2.11. The van der Waals surface area contributed by atoms with Crippen LogP contribution in [0, 0.1) is 17.2 Å². The van der Waals surface area contributed by atoms with Crippen LogP contribution >= 0.6 is 0 Å². The molecule has 0 aliphatic carbocycles. The van der Waals surface area contributed by atoms with Gasteiger partial charge >= 0.3 is 0 Å². The molecular formula is C16H31NO4Si. The maximum absolute atomic E-state index is 10.6. The Morgan fingerprint density at radius 3 is 2.00 bits per heavy atom. The SMILES string of the molecule is CO[C@H]1OC[C@@H](C#N)[C@H](O)[C@@H]1O[Si](C(C)C)(C(C)C)C(C)C. The Hall–Kier alpha value is -0.453. The average Bonchev–Trinajstić information content (AvgIpc) is 2.44. The molecule has 6 heteroatoms. The summed E-state index contributed by atoms with van der Waals surface area (Å²) in [5.74, 6) is -0.574. The first-order valence-corrected chi connectivity index (χ1v) is 10.3. The molecule has 1 N–H and O–H groups in total. The third kappa shape index (κ3) is 3.55. The highest BCUT2D eigenvalue weighted by Gasteiger charge is 2.51. The Morgan fingerprint density at radius 1 is 1.14 bits per heavy atom. The van der Waals surface area contributed by atoms with E-state index in [0.29, 0.717) is 16.6 Å². The molecule has 128 valence electrons. The molecule has 1 heterocycles. The van der Waals surface area contributed by atoms with Crippen molar-refractivity contribution in [3.05, 3.63) is 0 Å². The molecule has 0 bridgehead atoms. The number of hydrogen-bond donors (Lipinski definition) is 1. The van der Waals surface area contributed by atoms with Crippen LogP contribution in [-0.2, 0) is 13.9 Å². The van der Waals surface area contributed by atoms with Crippen molar-refractivity contribution in [2.24, 2.45) is 5.92 Å². The maximum atomic E-state index is 10.6. The van der Waals surface area contributed by atoms with E-state index in [1.807, 2.05) is 0 Å². The summed E-state index contributed by atoms with van der Waals surface area (Å²) >= 11 is 0. The van der Waals surface area contributed by atoms with Crippen LogP contribution in [-0.4, -0.2) is 45.6 Å². The minimum atomic E-state index is -2.19. The number of nitrogens with zero attached hydrogens (tertiary/aromatic N) is 1. The topological polar surface area (TPSA) is 71.7 Å². The van der Waals surface area contributed by atoms with Crippen LogP contribution in [0.4, 0.5) is 0 Å². The second-order valence-corrected chi connectivity index (χ2v) is 12.5. The van der Waals surface area contributed by atoms with Crippen molar-refractivity contribution in [2.45, 2.75) is 76.7 Å².